The monoisotopic (exact) mass is 1080 g/mol. The van der Waals surface area contributed by atoms with Crippen molar-refractivity contribution in [1.29, 1.82) is 0 Å². The Bertz CT molecular complexity index is 2550. The van der Waals surface area contributed by atoms with Crippen LogP contribution in [0.5, 0.6) is 0 Å². The summed E-state index contributed by atoms with van der Waals surface area (Å²) in [5, 5.41) is 5.69. The number of hydrogen-bond donors (Lipinski definition) is 3. The van der Waals surface area contributed by atoms with Crippen LogP contribution in [-0.4, -0.2) is 116 Å². The zero-order valence-electron chi connectivity index (χ0n) is 45.7. The third-order valence-corrected chi connectivity index (χ3v) is 12.5. The first kappa shape index (κ1) is 59.6. The van der Waals surface area contributed by atoms with Gasteiger partial charge in [0.2, 0.25) is 5.91 Å². The summed E-state index contributed by atoms with van der Waals surface area (Å²) in [7, 11) is 0. The third kappa shape index (κ3) is 19.1. The van der Waals surface area contributed by atoms with E-state index >= 15 is 0 Å². The number of esters is 1. The molecule has 5 aromatic rings. The van der Waals surface area contributed by atoms with E-state index in [-0.39, 0.29) is 52.2 Å². The molecule has 2 heterocycles. The number of benzene rings is 5. The first-order chi connectivity index (χ1) is 37.5. The van der Waals surface area contributed by atoms with Crippen molar-refractivity contribution in [2.75, 3.05) is 19.8 Å². The summed E-state index contributed by atoms with van der Waals surface area (Å²) in [5.74, 6) is -1.13. The Morgan fingerprint density at radius 3 is 1.35 bits per heavy atom. The van der Waals surface area contributed by atoms with Crippen LogP contribution in [0, 0.1) is 0 Å². The molecule has 17 nitrogen and oxygen atoms in total. The number of hydrogen-bond acceptors (Lipinski definition) is 15. The first-order valence-electron chi connectivity index (χ1n) is 26.5. The molecule has 420 valence electrons. The van der Waals surface area contributed by atoms with E-state index in [1.165, 1.54) is 6.92 Å². The molecule has 2 aliphatic rings. The highest BCUT2D eigenvalue weighted by Gasteiger charge is 2.51. The molecular formula is C61H77N3O14. The fourth-order valence-corrected chi connectivity index (χ4v) is 8.89. The Morgan fingerprint density at radius 1 is 0.500 bits per heavy atom. The average Bonchev–Trinajstić information content (AvgIpc) is 3.41. The molecule has 2 saturated heterocycles. The minimum Gasteiger partial charge on any atom is -0.458 e. The smallest absolute Gasteiger partial charge is 0.408 e. The molecule has 78 heavy (non-hydrogen) atoms. The number of alkyl carbamates (subject to hydrolysis) is 1. The lowest BCUT2D eigenvalue weighted by molar-refractivity contribution is -0.318. The van der Waals surface area contributed by atoms with Gasteiger partial charge >= 0.3 is 12.1 Å². The van der Waals surface area contributed by atoms with Gasteiger partial charge in [-0.15, -0.1) is 0 Å². The van der Waals surface area contributed by atoms with Crippen molar-refractivity contribution in [2.24, 2.45) is 5.73 Å². The summed E-state index contributed by atoms with van der Waals surface area (Å²) >= 11 is 0. The summed E-state index contributed by atoms with van der Waals surface area (Å²) in [6.07, 6.45) is -8.60. The summed E-state index contributed by atoms with van der Waals surface area (Å²) < 4.78 is 71.8. The van der Waals surface area contributed by atoms with Crippen molar-refractivity contribution in [3.8, 4) is 0 Å². The van der Waals surface area contributed by atoms with Crippen molar-refractivity contribution in [2.45, 2.75) is 160 Å². The van der Waals surface area contributed by atoms with Gasteiger partial charge in [-0.3, -0.25) is 4.79 Å². The molecule has 2 aliphatic heterocycles. The second-order valence-electron chi connectivity index (χ2n) is 21.3. The number of ether oxygens (including phenoxy) is 11. The molecule has 0 saturated carbocycles. The van der Waals surface area contributed by atoms with Crippen LogP contribution in [0.15, 0.2) is 152 Å². The topological polar surface area (TPSA) is 203 Å². The largest absolute Gasteiger partial charge is 0.458 e. The van der Waals surface area contributed by atoms with Crippen molar-refractivity contribution in [3.63, 3.8) is 0 Å². The van der Waals surface area contributed by atoms with Crippen molar-refractivity contribution in [1.82, 2.24) is 10.6 Å². The molecule has 11 atom stereocenters. The van der Waals surface area contributed by atoms with Gasteiger partial charge in [-0.25, -0.2) is 9.59 Å². The Hall–Kier alpha value is -6.09. The molecule has 0 spiro atoms. The standard InChI is InChI=1S/C61H77N3O14/c1-41(65)63-51-55(72-37-46-31-21-12-22-32-46)53(70-35-44-27-17-10-18-28-44)48(39-68-33-42-23-13-8-14-24-42)76-58(51)74-40-49-52(69-34-43-25-15-9-16-26-43)54(71-36-45-29-19-11-20-30-45)50(62)57(75-49)73-38-47(56(66)77-60(2,3)4)64-59(67)78-61(5,6)7/h8-32,47-55,57-58H,33-40,62H2,1-7H3,(H,63,65)(H,64,67)/t47-,48+,49+,50+,51+,52-,53+,54+,55+,57-,58+/m0/s1. The zero-order chi connectivity index (χ0) is 55.5. The van der Waals surface area contributed by atoms with Gasteiger partial charge in [-0.1, -0.05) is 152 Å². The fourth-order valence-electron chi connectivity index (χ4n) is 8.89. The highest BCUT2D eigenvalue weighted by molar-refractivity contribution is 5.82. The highest BCUT2D eigenvalue weighted by Crippen LogP contribution is 2.33. The SMILES string of the molecule is CC(=O)N[C@H]1[C@H](OC[C@H]2O[C@H](OC[C@H](NC(=O)OC(C)(C)C)C(=O)OC(C)(C)C)[C@H](N)[C@@H](OCc3ccccc3)[C@H]2OCc2ccccc2)O[C@H](COCc2ccccc2)[C@@H](OCc2ccccc2)[C@@H]1OCc1ccccc1. The Kier molecular flexibility index (Phi) is 22.3. The molecule has 0 aromatic heterocycles. The molecule has 0 radical (unpaired) electrons. The molecule has 2 amide bonds. The van der Waals surface area contributed by atoms with E-state index in [9.17, 15) is 14.4 Å². The van der Waals surface area contributed by atoms with Crippen molar-refractivity contribution in [3.05, 3.63) is 179 Å². The second kappa shape index (κ2) is 29.2. The summed E-state index contributed by atoms with van der Waals surface area (Å²) in [6.45, 7) is 12.0. The number of nitrogens with one attached hydrogen (secondary N) is 2. The minimum atomic E-state index is -1.35. The number of nitrogens with two attached hydrogens (primary N) is 1. The summed E-state index contributed by atoms with van der Waals surface area (Å²) in [6, 6.07) is 45.1. The van der Waals surface area contributed by atoms with E-state index in [4.69, 9.17) is 57.8 Å². The van der Waals surface area contributed by atoms with Gasteiger partial charge in [0, 0.05) is 6.92 Å². The highest BCUT2D eigenvalue weighted by atomic mass is 16.7. The van der Waals surface area contributed by atoms with Gasteiger partial charge < -0.3 is 68.5 Å². The van der Waals surface area contributed by atoms with Gasteiger partial charge in [-0.05, 0) is 69.4 Å². The predicted molar refractivity (Wildman–Crippen MR) is 290 cm³/mol. The van der Waals surface area contributed by atoms with E-state index in [2.05, 4.69) is 10.6 Å². The number of rotatable bonds is 25. The lowest BCUT2D eigenvalue weighted by Crippen LogP contribution is -2.67. The zero-order valence-corrected chi connectivity index (χ0v) is 45.7. The summed E-state index contributed by atoms with van der Waals surface area (Å²) in [5.41, 5.74) is 9.87. The van der Waals surface area contributed by atoms with Crippen LogP contribution in [0.4, 0.5) is 4.79 Å². The van der Waals surface area contributed by atoms with Crippen LogP contribution < -0.4 is 16.4 Å². The maximum atomic E-state index is 13.7. The van der Waals surface area contributed by atoms with E-state index in [1.54, 1.807) is 41.5 Å². The number of amides is 2. The van der Waals surface area contributed by atoms with Gasteiger partial charge in [0.1, 0.15) is 53.9 Å². The second-order valence-corrected chi connectivity index (χ2v) is 21.3. The fraction of sp³-hybridized carbons (Fsp3) is 0.459. The van der Waals surface area contributed by atoms with Crippen LogP contribution in [-0.2, 0) is 94.7 Å². The van der Waals surface area contributed by atoms with Crippen LogP contribution in [0.3, 0.4) is 0 Å². The Balaban J connectivity index is 1.23. The predicted octanol–water partition coefficient (Wildman–Crippen LogP) is 8.09. The van der Waals surface area contributed by atoms with Gasteiger partial charge in [0.25, 0.3) is 0 Å². The molecule has 2 fully saturated rings. The molecular weight excluding hydrogens is 999 g/mol. The van der Waals surface area contributed by atoms with Crippen LogP contribution in [0.2, 0.25) is 0 Å². The first-order valence-corrected chi connectivity index (χ1v) is 26.5. The average molecular weight is 1080 g/mol. The van der Waals surface area contributed by atoms with E-state index in [0.29, 0.717) is 0 Å². The molecule has 5 aromatic carbocycles. The van der Waals surface area contributed by atoms with E-state index < -0.39 is 97.2 Å². The molecule has 0 bridgehead atoms. The number of carbonyl (C=O) groups is 3. The molecule has 7 rings (SSSR count). The molecule has 0 unspecified atom stereocenters. The quantitative estimate of drug-likeness (QED) is 0.0473. The molecule has 17 heteroatoms. The summed E-state index contributed by atoms with van der Waals surface area (Å²) in [4.78, 5) is 40.3. The molecule has 4 N–H and O–H groups in total. The lowest BCUT2D eigenvalue weighted by atomic mass is 9.95. The maximum Gasteiger partial charge on any atom is 0.408 e. The van der Waals surface area contributed by atoms with Crippen molar-refractivity contribution < 1.29 is 66.5 Å². The minimum absolute atomic E-state index is 0.0608. The Labute approximate surface area is 458 Å². The van der Waals surface area contributed by atoms with Crippen LogP contribution >= 0.6 is 0 Å². The lowest BCUT2D eigenvalue weighted by Gasteiger charge is -2.48. The van der Waals surface area contributed by atoms with Gasteiger partial charge in [0.05, 0.1) is 58.9 Å². The maximum absolute atomic E-state index is 13.7. The van der Waals surface area contributed by atoms with Gasteiger partial charge in [0.15, 0.2) is 18.6 Å². The number of carbonyl (C=O) groups excluding carboxylic acids is 3. The Morgan fingerprint density at radius 2 is 0.897 bits per heavy atom. The van der Waals surface area contributed by atoms with E-state index in [0.717, 1.165) is 27.8 Å². The molecule has 0 aliphatic carbocycles. The normalized spacial score (nSPS) is 23.9. The third-order valence-electron chi connectivity index (χ3n) is 12.5. The van der Waals surface area contributed by atoms with E-state index in [1.807, 2.05) is 152 Å². The van der Waals surface area contributed by atoms with Crippen LogP contribution in [0.1, 0.15) is 76.3 Å². The van der Waals surface area contributed by atoms with Crippen LogP contribution in [0.25, 0.3) is 0 Å². The van der Waals surface area contributed by atoms with Gasteiger partial charge in [-0.2, -0.15) is 0 Å². The van der Waals surface area contributed by atoms with Crippen molar-refractivity contribution >= 4 is 18.0 Å².